The summed E-state index contributed by atoms with van der Waals surface area (Å²) in [6.45, 7) is 3.74. The van der Waals surface area contributed by atoms with Crippen molar-refractivity contribution in [2.24, 2.45) is 0 Å². The maximum Gasteiger partial charge on any atom is 0.234 e. The van der Waals surface area contributed by atoms with E-state index in [1.54, 1.807) is 0 Å². The minimum atomic E-state index is 0.499. The zero-order valence-electron chi connectivity index (χ0n) is 16.9. The molecule has 5 rings (SSSR count). The fraction of sp³-hybridized carbons (Fsp3) is 0.400. The Balaban J connectivity index is 1.42. The number of aromatic nitrogens is 5. The van der Waals surface area contributed by atoms with Crippen molar-refractivity contribution in [2.75, 3.05) is 49.2 Å². The summed E-state index contributed by atoms with van der Waals surface area (Å²) >= 11 is 1.48. The van der Waals surface area contributed by atoms with Crippen molar-refractivity contribution < 1.29 is 0 Å². The molecular weight excluding hydrogens is 398 g/mol. The van der Waals surface area contributed by atoms with Gasteiger partial charge in [-0.15, -0.1) is 0 Å². The molecule has 30 heavy (non-hydrogen) atoms. The van der Waals surface area contributed by atoms with Gasteiger partial charge in [0.1, 0.15) is 0 Å². The van der Waals surface area contributed by atoms with E-state index in [1.807, 2.05) is 30.3 Å². The summed E-state index contributed by atoms with van der Waals surface area (Å²) in [7, 11) is 2.13. The summed E-state index contributed by atoms with van der Waals surface area (Å²) < 4.78 is 0. The smallest absolute Gasteiger partial charge is 0.234 e. The quantitative estimate of drug-likeness (QED) is 0.515. The minimum absolute atomic E-state index is 0.499. The number of hydrogen-bond acceptors (Lipinski definition) is 9. The average Bonchev–Trinajstić information content (AvgIpc) is 3.48. The third-order valence-electron chi connectivity index (χ3n) is 5.31. The van der Waals surface area contributed by atoms with E-state index in [1.165, 1.54) is 30.3 Å². The maximum atomic E-state index is 5.93. The summed E-state index contributed by atoms with van der Waals surface area (Å²) in [5.74, 6) is 2.53. The number of hydrogen-bond donors (Lipinski definition) is 3. The maximum absolute atomic E-state index is 5.93. The van der Waals surface area contributed by atoms with Crippen molar-refractivity contribution in [3.8, 4) is 0 Å². The Hall–Kier alpha value is -2.85. The molecule has 1 saturated heterocycles. The molecule has 10 heteroatoms. The van der Waals surface area contributed by atoms with Crippen LogP contribution in [0.5, 0.6) is 0 Å². The van der Waals surface area contributed by atoms with Crippen LogP contribution in [0.1, 0.15) is 24.5 Å². The highest BCUT2D eigenvalue weighted by atomic mass is 32.2. The average molecular weight is 424 g/mol. The van der Waals surface area contributed by atoms with Crippen molar-refractivity contribution in [3.63, 3.8) is 0 Å². The fourth-order valence-corrected chi connectivity index (χ4v) is 4.21. The number of benzene rings is 1. The molecule has 3 aromatic rings. The van der Waals surface area contributed by atoms with Gasteiger partial charge in [-0.05, 0) is 49.9 Å². The Labute approximate surface area is 179 Å². The minimum Gasteiger partial charge on any atom is -0.399 e. The zero-order chi connectivity index (χ0) is 20.5. The van der Waals surface area contributed by atoms with E-state index in [2.05, 4.69) is 42.3 Å². The van der Waals surface area contributed by atoms with Crippen LogP contribution in [0.2, 0.25) is 0 Å². The number of aromatic amines is 1. The van der Waals surface area contributed by atoms with Crippen LogP contribution in [0.15, 0.2) is 40.4 Å². The fourth-order valence-electron chi connectivity index (χ4n) is 3.40. The molecule has 156 valence electrons. The van der Waals surface area contributed by atoms with Crippen molar-refractivity contribution >= 4 is 35.2 Å². The van der Waals surface area contributed by atoms with Crippen LogP contribution < -0.4 is 16.0 Å². The van der Waals surface area contributed by atoms with Gasteiger partial charge in [0.15, 0.2) is 11.0 Å². The molecule has 4 N–H and O–H groups in total. The molecule has 0 unspecified atom stereocenters. The van der Waals surface area contributed by atoms with Gasteiger partial charge in [0.05, 0.1) is 0 Å². The molecule has 2 aromatic heterocycles. The molecule has 1 aliphatic heterocycles. The van der Waals surface area contributed by atoms with Crippen molar-refractivity contribution in [1.29, 1.82) is 0 Å². The Morgan fingerprint density at radius 3 is 2.70 bits per heavy atom. The number of nitrogens with zero attached hydrogens (tertiary/aromatic N) is 6. The first kappa shape index (κ1) is 19.1. The first-order valence-corrected chi connectivity index (χ1v) is 11.0. The monoisotopic (exact) mass is 423 g/mol. The number of H-pyrrole nitrogens is 1. The normalized spacial score (nSPS) is 17.3. The first-order chi connectivity index (χ1) is 14.6. The third kappa shape index (κ3) is 4.49. The Morgan fingerprint density at radius 2 is 1.93 bits per heavy atom. The molecule has 0 amide bonds. The van der Waals surface area contributed by atoms with Gasteiger partial charge < -0.3 is 20.9 Å². The van der Waals surface area contributed by atoms with E-state index in [-0.39, 0.29) is 0 Å². The highest BCUT2D eigenvalue weighted by Gasteiger charge is 2.26. The molecule has 3 heterocycles. The Morgan fingerprint density at radius 1 is 1.10 bits per heavy atom. The predicted molar refractivity (Wildman–Crippen MR) is 118 cm³/mol. The Bertz CT molecular complexity index is 1020. The van der Waals surface area contributed by atoms with Gasteiger partial charge in [-0.2, -0.15) is 20.1 Å². The number of anilines is 4. The van der Waals surface area contributed by atoms with E-state index >= 15 is 0 Å². The lowest BCUT2D eigenvalue weighted by Crippen LogP contribution is -2.45. The van der Waals surface area contributed by atoms with Crippen LogP contribution in [0.3, 0.4) is 0 Å². The molecule has 9 nitrogen and oxygen atoms in total. The van der Waals surface area contributed by atoms with Gasteiger partial charge >= 0.3 is 0 Å². The molecule has 0 bridgehead atoms. The first-order valence-electron chi connectivity index (χ1n) is 10.2. The van der Waals surface area contributed by atoms with E-state index in [9.17, 15) is 0 Å². The molecule has 1 aromatic carbocycles. The topological polar surface area (TPSA) is 112 Å². The zero-order valence-corrected chi connectivity index (χ0v) is 17.7. The number of piperazine rings is 1. The van der Waals surface area contributed by atoms with Crippen molar-refractivity contribution in [2.45, 2.75) is 28.8 Å². The number of likely N-dealkylation sites (N-methyl/N-ethyl adjacent to an activating group) is 1. The van der Waals surface area contributed by atoms with Crippen molar-refractivity contribution in [1.82, 2.24) is 30.0 Å². The summed E-state index contributed by atoms with van der Waals surface area (Å²) in [6, 6.07) is 9.77. The number of nitrogens with two attached hydrogens (primary N) is 1. The SMILES string of the molecule is CN1CCN(c2nc(Nc3cc(C4CC4)[nH]n3)nc(Sc3cccc(N)c3)n2)CC1. The highest BCUT2D eigenvalue weighted by Crippen LogP contribution is 2.39. The van der Waals surface area contributed by atoms with Crippen LogP contribution in [-0.4, -0.2) is 63.3 Å². The third-order valence-corrected chi connectivity index (χ3v) is 6.17. The van der Waals surface area contributed by atoms with E-state index in [0.717, 1.165) is 42.6 Å². The van der Waals surface area contributed by atoms with Gasteiger partial charge in [0.25, 0.3) is 0 Å². The summed E-state index contributed by atoms with van der Waals surface area (Å²) in [6.07, 6.45) is 2.45. The summed E-state index contributed by atoms with van der Waals surface area (Å²) in [5, 5.41) is 11.4. The largest absolute Gasteiger partial charge is 0.399 e. The van der Waals surface area contributed by atoms with Crippen LogP contribution in [0, 0.1) is 0 Å². The van der Waals surface area contributed by atoms with E-state index in [0.29, 0.717) is 23.0 Å². The van der Waals surface area contributed by atoms with Gasteiger partial charge in [0, 0.05) is 54.4 Å². The molecule has 0 spiro atoms. The van der Waals surface area contributed by atoms with E-state index < -0.39 is 0 Å². The molecule has 0 atom stereocenters. The van der Waals surface area contributed by atoms with Gasteiger partial charge in [-0.1, -0.05) is 6.07 Å². The van der Waals surface area contributed by atoms with Gasteiger partial charge in [-0.25, -0.2) is 0 Å². The molecule has 1 aliphatic carbocycles. The molecule has 2 fully saturated rings. The standard InChI is InChI=1S/C20H25N9S/c1-28-7-9-29(10-8-28)19-23-18(22-17-12-16(26-27-17)13-5-6-13)24-20(25-19)30-15-4-2-3-14(21)11-15/h2-4,11-13H,5-10,21H2,1H3,(H2,22,23,24,25,26,27). The second-order valence-electron chi connectivity index (χ2n) is 7.81. The summed E-state index contributed by atoms with van der Waals surface area (Å²) in [5.41, 5.74) is 7.82. The lowest BCUT2D eigenvalue weighted by molar-refractivity contribution is 0.311. The second kappa shape index (κ2) is 8.11. The van der Waals surface area contributed by atoms with Crippen molar-refractivity contribution in [3.05, 3.63) is 36.0 Å². The van der Waals surface area contributed by atoms with Crippen LogP contribution in [-0.2, 0) is 0 Å². The van der Waals surface area contributed by atoms with Crippen LogP contribution in [0.25, 0.3) is 0 Å². The molecular formula is C20H25N9S. The lowest BCUT2D eigenvalue weighted by Gasteiger charge is -2.32. The number of rotatable bonds is 6. The van der Waals surface area contributed by atoms with E-state index in [4.69, 9.17) is 10.7 Å². The molecule has 2 aliphatic rings. The predicted octanol–water partition coefficient (Wildman–Crippen LogP) is 2.70. The number of nitrogen functional groups attached to an aromatic ring is 1. The molecule has 0 radical (unpaired) electrons. The van der Waals surface area contributed by atoms with Crippen LogP contribution >= 0.6 is 11.8 Å². The Kier molecular flexibility index (Phi) is 5.17. The van der Waals surface area contributed by atoms with Gasteiger partial charge in [-0.3, -0.25) is 5.10 Å². The lowest BCUT2D eigenvalue weighted by atomic mass is 10.3. The number of nitrogens with one attached hydrogen (secondary N) is 2. The second-order valence-corrected chi connectivity index (χ2v) is 8.85. The van der Waals surface area contributed by atoms with Crippen LogP contribution in [0.4, 0.5) is 23.4 Å². The summed E-state index contributed by atoms with van der Waals surface area (Å²) in [4.78, 5) is 19.6. The molecule has 1 saturated carbocycles. The highest BCUT2D eigenvalue weighted by molar-refractivity contribution is 7.99. The van der Waals surface area contributed by atoms with Gasteiger partial charge in [0.2, 0.25) is 11.9 Å².